The van der Waals surface area contributed by atoms with Gasteiger partial charge in [0.25, 0.3) is 0 Å². The fourth-order valence-corrected chi connectivity index (χ4v) is 1.27. The number of methoxy groups -OCH3 is 1. The third-order valence-electron chi connectivity index (χ3n) is 1.91. The third kappa shape index (κ3) is 1.32. The van der Waals surface area contributed by atoms with Crippen LogP contribution in [0, 0.1) is 6.92 Å². The van der Waals surface area contributed by atoms with Gasteiger partial charge in [-0.25, -0.2) is 15.0 Å². The molecule has 0 aliphatic rings. The zero-order valence-corrected chi connectivity index (χ0v) is 7.98. The monoisotopic (exact) mass is 190 g/mol. The molecule has 0 aliphatic carbocycles. The molecule has 0 aliphatic heterocycles. The summed E-state index contributed by atoms with van der Waals surface area (Å²) in [6.07, 6.45) is 1.62. The molecule has 0 amide bonds. The van der Waals surface area contributed by atoms with Gasteiger partial charge in [0.2, 0.25) is 5.88 Å². The minimum Gasteiger partial charge on any atom is -0.481 e. The van der Waals surface area contributed by atoms with Crippen LogP contribution in [0.1, 0.15) is 5.82 Å². The van der Waals surface area contributed by atoms with Crippen molar-refractivity contribution >= 4 is 16.7 Å². The molecule has 5 heteroatoms. The first kappa shape index (κ1) is 8.68. The van der Waals surface area contributed by atoms with E-state index in [4.69, 9.17) is 10.5 Å². The Morgan fingerprint density at radius 2 is 2.14 bits per heavy atom. The Morgan fingerprint density at radius 3 is 2.86 bits per heavy atom. The van der Waals surface area contributed by atoms with Crippen molar-refractivity contribution in [1.29, 1.82) is 0 Å². The lowest BCUT2D eigenvalue weighted by atomic mass is 10.3. The van der Waals surface area contributed by atoms with Crippen LogP contribution >= 0.6 is 0 Å². The molecule has 0 atom stereocenters. The summed E-state index contributed by atoms with van der Waals surface area (Å²) >= 11 is 0. The molecule has 2 rings (SSSR count). The van der Waals surface area contributed by atoms with Crippen LogP contribution in [-0.4, -0.2) is 22.1 Å². The number of fused-ring (bicyclic) bond motifs is 1. The van der Waals surface area contributed by atoms with E-state index in [2.05, 4.69) is 15.0 Å². The number of pyridine rings is 1. The number of hydrogen-bond donors (Lipinski definition) is 1. The second-order valence-electron chi connectivity index (χ2n) is 2.90. The van der Waals surface area contributed by atoms with Crippen LogP contribution in [0.3, 0.4) is 0 Å². The van der Waals surface area contributed by atoms with Crippen molar-refractivity contribution in [3.05, 3.63) is 18.1 Å². The summed E-state index contributed by atoms with van der Waals surface area (Å²) in [5, 5.41) is 0.766. The highest BCUT2D eigenvalue weighted by atomic mass is 16.5. The van der Waals surface area contributed by atoms with Gasteiger partial charge in [-0.3, -0.25) is 0 Å². The molecule has 0 saturated heterocycles. The fraction of sp³-hybridized carbons (Fsp3) is 0.222. The van der Waals surface area contributed by atoms with Gasteiger partial charge in [0.1, 0.15) is 11.6 Å². The smallest absolute Gasteiger partial charge is 0.213 e. The molecule has 0 saturated carbocycles. The first-order valence-electron chi connectivity index (χ1n) is 4.14. The van der Waals surface area contributed by atoms with Gasteiger partial charge < -0.3 is 10.5 Å². The lowest BCUT2D eigenvalue weighted by Crippen LogP contribution is -1.98. The Labute approximate surface area is 81.0 Å². The largest absolute Gasteiger partial charge is 0.481 e. The molecule has 2 heterocycles. The molecule has 0 bridgehead atoms. The molecule has 2 aromatic rings. The Bertz CT molecular complexity index is 483. The van der Waals surface area contributed by atoms with Crippen LogP contribution in [-0.2, 0) is 0 Å². The van der Waals surface area contributed by atoms with Crippen LogP contribution < -0.4 is 10.5 Å². The van der Waals surface area contributed by atoms with Gasteiger partial charge in [0.05, 0.1) is 18.8 Å². The van der Waals surface area contributed by atoms with Gasteiger partial charge in [-0.05, 0) is 6.92 Å². The molecule has 14 heavy (non-hydrogen) atoms. The summed E-state index contributed by atoms with van der Waals surface area (Å²) in [6.45, 7) is 1.79. The molecule has 2 aromatic heterocycles. The van der Waals surface area contributed by atoms with E-state index in [9.17, 15) is 0 Å². The number of nitrogens with zero attached hydrogens (tertiary/aromatic N) is 3. The van der Waals surface area contributed by atoms with Gasteiger partial charge >= 0.3 is 0 Å². The molecule has 0 unspecified atom stereocenters. The number of nitrogens with two attached hydrogens (primary N) is 1. The van der Waals surface area contributed by atoms with Crippen LogP contribution in [0.15, 0.2) is 12.3 Å². The van der Waals surface area contributed by atoms with Crippen molar-refractivity contribution in [3.63, 3.8) is 0 Å². The summed E-state index contributed by atoms with van der Waals surface area (Å²) in [5.41, 5.74) is 6.48. The topological polar surface area (TPSA) is 73.9 Å². The zero-order valence-electron chi connectivity index (χ0n) is 7.98. The van der Waals surface area contributed by atoms with E-state index in [1.807, 2.05) is 0 Å². The lowest BCUT2D eigenvalue weighted by Gasteiger charge is -2.03. The molecule has 5 nitrogen and oxygen atoms in total. The van der Waals surface area contributed by atoms with Crippen molar-refractivity contribution in [2.24, 2.45) is 0 Å². The van der Waals surface area contributed by atoms with E-state index >= 15 is 0 Å². The van der Waals surface area contributed by atoms with Crippen molar-refractivity contribution in [3.8, 4) is 5.88 Å². The predicted octanol–water partition coefficient (Wildman–Crippen LogP) is 0.924. The van der Waals surface area contributed by atoms with Gasteiger partial charge in [-0.1, -0.05) is 0 Å². The highest BCUT2D eigenvalue weighted by Crippen LogP contribution is 2.20. The molecule has 72 valence electrons. The highest BCUT2D eigenvalue weighted by molar-refractivity contribution is 5.88. The Hall–Kier alpha value is -1.91. The van der Waals surface area contributed by atoms with E-state index < -0.39 is 0 Å². The maximum absolute atomic E-state index is 5.75. The van der Waals surface area contributed by atoms with Gasteiger partial charge in [0.15, 0.2) is 0 Å². The zero-order chi connectivity index (χ0) is 10.1. The Kier molecular flexibility index (Phi) is 1.92. The molecular weight excluding hydrogens is 180 g/mol. The van der Waals surface area contributed by atoms with Gasteiger partial charge in [0, 0.05) is 11.5 Å². The van der Waals surface area contributed by atoms with E-state index in [0.29, 0.717) is 17.5 Å². The highest BCUT2D eigenvalue weighted by Gasteiger charge is 2.04. The predicted molar refractivity (Wildman–Crippen MR) is 53.0 cm³/mol. The molecular formula is C9H10N4O. The normalized spacial score (nSPS) is 10.4. The average molecular weight is 190 g/mol. The SMILES string of the molecule is COc1cc2c(N)nc(C)nc2cn1. The van der Waals surface area contributed by atoms with Crippen molar-refractivity contribution in [1.82, 2.24) is 15.0 Å². The van der Waals surface area contributed by atoms with Crippen LogP contribution in [0.5, 0.6) is 5.88 Å². The minimum atomic E-state index is 0.452. The molecule has 0 spiro atoms. The van der Waals surface area contributed by atoms with Gasteiger partial charge in [-0.2, -0.15) is 0 Å². The molecule has 0 aromatic carbocycles. The molecule has 2 N–H and O–H groups in total. The van der Waals surface area contributed by atoms with E-state index in [1.165, 1.54) is 0 Å². The second kappa shape index (κ2) is 3.10. The quantitative estimate of drug-likeness (QED) is 0.723. The lowest BCUT2D eigenvalue weighted by molar-refractivity contribution is 0.398. The number of nitrogen functional groups attached to an aromatic ring is 1. The van der Waals surface area contributed by atoms with E-state index in [1.54, 1.807) is 26.3 Å². The molecule has 0 fully saturated rings. The summed E-state index contributed by atoms with van der Waals surface area (Å²) in [7, 11) is 1.55. The van der Waals surface area contributed by atoms with E-state index in [0.717, 1.165) is 10.9 Å². The molecule has 0 radical (unpaired) electrons. The van der Waals surface area contributed by atoms with E-state index in [-0.39, 0.29) is 0 Å². The summed E-state index contributed by atoms with van der Waals surface area (Å²) < 4.78 is 4.99. The number of anilines is 1. The first-order valence-corrected chi connectivity index (χ1v) is 4.14. The van der Waals surface area contributed by atoms with Gasteiger partial charge in [-0.15, -0.1) is 0 Å². The number of rotatable bonds is 1. The van der Waals surface area contributed by atoms with Crippen molar-refractivity contribution in [2.75, 3.05) is 12.8 Å². The minimum absolute atomic E-state index is 0.452. The number of hydrogen-bond acceptors (Lipinski definition) is 5. The fourth-order valence-electron chi connectivity index (χ4n) is 1.27. The average Bonchev–Trinajstić information content (AvgIpc) is 2.17. The number of aromatic nitrogens is 3. The number of aryl methyl sites for hydroxylation is 1. The third-order valence-corrected chi connectivity index (χ3v) is 1.91. The Balaban J connectivity index is 2.75. The van der Waals surface area contributed by atoms with Crippen molar-refractivity contribution in [2.45, 2.75) is 6.92 Å². The standard InChI is InChI=1S/C9H10N4O/c1-5-12-7-4-11-8(14-2)3-6(7)9(10)13-5/h3-4H,1-2H3,(H2,10,12,13). The van der Waals surface area contributed by atoms with Crippen molar-refractivity contribution < 1.29 is 4.74 Å². The van der Waals surface area contributed by atoms with Crippen LogP contribution in [0.2, 0.25) is 0 Å². The maximum atomic E-state index is 5.75. The summed E-state index contributed by atoms with van der Waals surface area (Å²) in [4.78, 5) is 12.3. The van der Waals surface area contributed by atoms with Crippen LogP contribution in [0.25, 0.3) is 10.9 Å². The summed E-state index contributed by atoms with van der Waals surface area (Å²) in [6, 6.07) is 1.73. The number of ether oxygens (including phenoxy) is 1. The Morgan fingerprint density at radius 1 is 1.36 bits per heavy atom. The first-order chi connectivity index (χ1) is 6.70. The second-order valence-corrected chi connectivity index (χ2v) is 2.90. The summed E-state index contributed by atoms with van der Waals surface area (Å²) in [5.74, 6) is 1.60. The van der Waals surface area contributed by atoms with Crippen LogP contribution in [0.4, 0.5) is 5.82 Å². The maximum Gasteiger partial charge on any atom is 0.213 e.